The van der Waals surface area contributed by atoms with Crippen LogP contribution >= 0.6 is 11.6 Å². The lowest BCUT2D eigenvalue weighted by Gasteiger charge is -1.98. The molecule has 0 aliphatic carbocycles. The van der Waals surface area contributed by atoms with E-state index in [0.29, 0.717) is 22.2 Å². The molecule has 0 spiro atoms. The van der Waals surface area contributed by atoms with Gasteiger partial charge in [-0.15, -0.1) is 0 Å². The summed E-state index contributed by atoms with van der Waals surface area (Å²) < 4.78 is 0. The Morgan fingerprint density at radius 2 is 2.38 bits per heavy atom. The zero-order valence-corrected chi connectivity index (χ0v) is 8.75. The third-order valence-corrected chi connectivity index (χ3v) is 2.27. The first-order chi connectivity index (χ1) is 7.60. The molecule has 0 radical (unpaired) electrons. The lowest BCUT2D eigenvalue weighted by molar-refractivity contribution is -0.136. The lowest BCUT2D eigenvalue weighted by Crippen LogP contribution is -2.00. The molecule has 5 nitrogen and oxygen atoms in total. The molecule has 2 aromatic rings. The van der Waals surface area contributed by atoms with Crippen LogP contribution in [0.15, 0.2) is 12.1 Å². The minimum Gasteiger partial charge on any atom is -0.481 e. The number of imidazole rings is 1. The van der Waals surface area contributed by atoms with E-state index in [-0.39, 0.29) is 11.7 Å². The van der Waals surface area contributed by atoms with Crippen molar-refractivity contribution < 1.29 is 9.90 Å². The number of fused-ring (bicyclic) bond motifs is 1. The molecule has 80 valence electrons. The molecule has 0 aliphatic heterocycles. The van der Waals surface area contributed by atoms with E-state index in [1.54, 1.807) is 6.07 Å². The summed E-state index contributed by atoms with van der Waals surface area (Å²) in [4.78, 5) is 17.3. The monoisotopic (exact) mass is 235 g/mol. The van der Waals surface area contributed by atoms with Gasteiger partial charge in [0.25, 0.3) is 0 Å². The number of benzene rings is 1. The second-order valence-corrected chi connectivity index (χ2v) is 3.61. The van der Waals surface area contributed by atoms with Crippen LogP contribution in [0.25, 0.3) is 11.0 Å². The fourth-order valence-corrected chi connectivity index (χ4v) is 1.70. The molecular weight excluding hydrogens is 230 g/mol. The first-order valence-electron chi connectivity index (χ1n) is 4.40. The number of hydrogen-bond donors (Lipinski definition) is 2. The van der Waals surface area contributed by atoms with Gasteiger partial charge in [0.05, 0.1) is 17.5 Å². The molecule has 1 aromatic heterocycles. The van der Waals surface area contributed by atoms with Crippen LogP contribution in [0.2, 0.25) is 5.28 Å². The summed E-state index contributed by atoms with van der Waals surface area (Å²) in [5.41, 5.74) is 1.88. The van der Waals surface area contributed by atoms with E-state index in [1.807, 2.05) is 6.07 Å². The number of halogens is 1. The van der Waals surface area contributed by atoms with Gasteiger partial charge >= 0.3 is 5.97 Å². The molecule has 6 heteroatoms. The Hall–Kier alpha value is -2.06. The largest absolute Gasteiger partial charge is 0.481 e. The second-order valence-electron chi connectivity index (χ2n) is 3.25. The number of nitriles is 1. The molecule has 16 heavy (non-hydrogen) atoms. The van der Waals surface area contributed by atoms with E-state index in [9.17, 15) is 4.79 Å². The van der Waals surface area contributed by atoms with E-state index < -0.39 is 5.97 Å². The Morgan fingerprint density at radius 1 is 1.62 bits per heavy atom. The van der Waals surface area contributed by atoms with E-state index in [1.165, 1.54) is 6.07 Å². The summed E-state index contributed by atoms with van der Waals surface area (Å²) >= 11 is 5.68. The number of nitrogens with one attached hydrogen (secondary N) is 1. The maximum absolute atomic E-state index is 10.6. The Bertz CT molecular complexity index is 612. The molecule has 0 bridgehead atoms. The van der Waals surface area contributed by atoms with Gasteiger partial charge in [-0.2, -0.15) is 5.26 Å². The van der Waals surface area contributed by atoms with Crippen LogP contribution < -0.4 is 0 Å². The molecule has 0 saturated heterocycles. The molecule has 0 fully saturated rings. The van der Waals surface area contributed by atoms with Crippen LogP contribution in [0.1, 0.15) is 11.1 Å². The highest BCUT2D eigenvalue weighted by Crippen LogP contribution is 2.20. The van der Waals surface area contributed by atoms with E-state index in [2.05, 4.69) is 9.97 Å². The topological polar surface area (TPSA) is 89.8 Å². The normalized spacial score (nSPS) is 10.2. The first-order valence-corrected chi connectivity index (χ1v) is 4.78. The molecule has 0 unspecified atom stereocenters. The first kappa shape index (κ1) is 10.5. The average molecular weight is 236 g/mol. The molecule has 1 aromatic carbocycles. The summed E-state index contributed by atoms with van der Waals surface area (Å²) in [6.45, 7) is 0. The summed E-state index contributed by atoms with van der Waals surface area (Å²) in [5.74, 6) is -0.950. The summed E-state index contributed by atoms with van der Waals surface area (Å²) in [5, 5.41) is 17.8. The van der Waals surface area contributed by atoms with Gasteiger partial charge in [0.1, 0.15) is 11.6 Å². The Kier molecular flexibility index (Phi) is 2.50. The van der Waals surface area contributed by atoms with E-state index in [4.69, 9.17) is 22.0 Å². The number of hydrogen-bond acceptors (Lipinski definition) is 3. The fraction of sp³-hybridized carbons (Fsp3) is 0.100. The SMILES string of the molecule is N#Cc1cc(CC(=O)O)cc2[nH]c(Cl)nc12. The number of carboxylic acids is 1. The Labute approximate surface area is 95.3 Å². The predicted molar refractivity (Wildman–Crippen MR) is 57.2 cm³/mol. The summed E-state index contributed by atoms with van der Waals surface area (Å²) in [6, 6.07) is 5.10. The highest BCUT2D eigenvalue weighted by atomic mass is 35.5. The van der Waals surface area contributed by atoms with Crippen molar-refractivity contribution in [3.05, 3.63) is 28.5 Å². The van der Waals surface area contributed by atoms with Crippen molar-refractivity contribution in [1.82, 2.24) is 9.97 Å². The highest BCUT2D eigenvalue weighted by Gasteiger charge is 2.10. The maximum Gasteiger partial charge on any atom is 0.307 e. The van der Waals surface area contributed by atoms with Crippen molar-refractivity contribution in [2.24, 2.45) is 0 Å². The smallest absolute Gasteiger partial charge is 0.307 e. The number of carbonyl (C=O) groups is 1. The molecule has 0 aliphatic rings. The summed E-state index contributed by atoms with van der Waals surface area (Å²) in [7, 11) is 0. The van der Waals surface area contributed by atoms with Gasteiger partial charge in [-0.3, -0.25) is 4.79 Å². The minimum absolute atomic E-state index is 0.138. The van der Waals surface area contributed by atoms with Crippen LogP contribution in [-0.4, -0.2) is 21.0 Å². The van der Waals surface area contributed by atoms with Gasteiger partial charge in [-0.05, 0) is 29.3 Å². The standard InChI is InChI=1S/C10H6ClN3O2/c11-10-13-7-2-5(3-8(15)16)1-6(4-12)9(7)14-10/h1-2H,3H2,(H,13,14)(H,15,16). The van der Waals surface area contributed by atoms with Gasteiger partial charge in [0.15, 0.2) is 0 Å². The third kappa shape index (κ3) is 1.83. The van der Waals surface area contributed by atoms with Crippen LogP contribution in [0.5, 0.6) is 0 Å². The van der Waals surface area contributed by atoms with Crippen LogP contribution in [0.3, 0.4) is 0 Å². The number of aromatic amines is 1. The Balaban J connectivity index is 2.63. The van der Waals surface area contributed by atoms with Gasteiger partial charge in [-0.1, -0.05) is 0 Å². The van der Waals surface area contributed by atoms with Gasteiger partial charge in [0.2, 0.25) is 5.28 Å². The van der Waals surface area contributed by atoms with E-state index in [0.717, 1.165) is 0 Å². The molecular formula is C10H6ClN3O2. The van der Waals surface area contributed by atoms with Gasteiger partial charge < -0.3 is 10.1 Å². The molecule has 1 heterocycles. The van der Waals surface area contributed by atoms with Crippen molar-refractivity contribution in [3.8, 4) is 6.07 Å². The second kappa shape index (κ2) is 3.83. The molecule has 2 N–H and O–H groups in total. The lowest BCUT2D eigenvalue weighted by atomic mass is 10.1. The zero-order chi connectivity index (χ0) is 11.7. The van der Waals surface area contributed by atoms with Crippen molar-refractivity contribution >= 4 is 28.6 Å². The minimum atomic E-state index is -0.950. The van der Waals surface area contributed by atoms with Crippen molar-refractivity contribution in [1.29, 1.82) is 5.26 Å². The molecule has 0 saturated carbocycles. The van der Waals surface area contributed by atoms with Crippen molar-refractivity contribution in [3.63, 3.8) is 0 Å². The van der Waals surface area contributed by atoms with Crippen LogP contribution in [-0.2, 0) is 11.2 Å². The maximum atomic E-state index is 10.6. The number of H-pyrrole nitrogens is 1. The molecule has 2 rings (SSSR count). The average Bonchev–Trinajstić information content (AvgIpc) is 2.56. The fourth-order valence-electron chi connectivity index (χ4n) is 1.51. The van der Waals surface area contributed by atoms with E-state index >= 15 is 0 Å². The summed E-state index contributed by atoms with van der Waals surface area (Å²) in [6.07, 6.45) is -0.138. The molecule has 0 amide bonds. The van der Waals surface area contributed by atoms with Gasteiger partial charge in [0, 0.05) is 0 Å². The van der Waals surface area contributed by atoms with Crippen LogP contribution in [0.4, 0.5) is 0 Å². The zero-order valence-electron chi connectivity index (χ0n) is 7.99. The number of nitrogens with zero attached hydrogens (tertiary/aromatic N) is 2. The van der Waals surface area contributed by atoms with Crippen LogP contribution in [0, 0.1) is 11.3 Å². The number of carboxylic acid groups (broad SMARTS) is 1. The molecule has 0 atom stereocenters. The van der Waals surface area contributed by atoms with Crippen molar-refractivity contribution in [2.45, 2.75) is 6.42 Å². The predicted octanol–water partition coefficient (Wildman–Crippen LogP) is 1.72. The third-order valence-electron chi connectivity index (χ3n) is 2.09. The van der Waals surface area contributed by atoms with Gasteiger partial charge in [-0.25, -0.2) is 4.98 Å². The number of rotatable bonds is 2. The Morgan fingerprint density at radius 3 is 3.00 bits per heavy atom. The number of aromatic nitrogens is 2. The number of aliphatic carboxylic acids is 1. The highest BCUT2D eigenvalue weighted by molar-refractivity contribution is 6.29. The quantitative estimate of drug-likeness (QED) is 0.829. The van der Waals surface area contributed by atoms with Crippen molar-refractivity contribution in [2.75, 3.05) is 0 Å².